The highest BCUT2D eigenvalue weighted by Gasteiger charge is 1.97. The molecule has 0 unspecified atom stereocenters. The van der Waals surface area contributed by atoms with Crippen molar-refractivity contribution in [1.82, 2.24) is 0 Å². The molecule has 0 heterocycles. The van der Waals surface area contributed by atoms with E-state index in [2.05, 4.69) is 0 Å². The Morgan fingerprint density at radius 3 is 2.70 bits per heavy atom. The van der Waals surface area contributed by atoms with E-state index in [1.165, 1.54) is 0 Å². The van der Waals surface area contributed by atoms with Gasteiger partial charge in [-0.3, -0.25) is 4.79 Å². The van der Waals surface area contributed by atoms with E-state index in [-0.39, 0.29) is 12.4 Å². The van der Waals surface area contributed by atoms with Crippen LogP contribution in [0.25, 0.3) is 0 Å². The number of hydrogen-bond acceptors (Lipinski definition) is 3. The van der Waals surface area contributed by atoms with E-state index in [0.29, 0.717) is 19.6 Å². The molecule has 0 spiro atoms. The highest BCUT2D eigenvalue weighted by atomic mass is 16.5. The molecule has 10 heavy (non-hydrogen) atoms. The summed E-state index contributed by atoms with van der Waals surface area (Å²) in [4.78, 5) is 10.4. The third-order valence-electron chi connectivity index (χ3n) is 1.05. The molecule has 0 rings (SSSR count). The predicted octanol–water partition coefficient (Wildman–Crippen LogP) is 0.364. The molecule has 0 aromatic carbocycles. The molecule has 0 aliphatic rings. The van der Waals surface area contributed by atoms with Gasteiger partial charge in [-0.15, -0.1) is 0 Å². The molecule has 0 bridgehead atoms. The standard InChI is InChI=1S/C7H14O3/c1-2-4-10-5-3-7(9)6-8/h8H,2-6H2,1H3. The average Bonchev–Trinajstić information content (AvgIpc) is 1.98. The van der Waals surface area contributed by atoms with Crippen LogP contribution in [0.3, 0.4) is 0 Å². The summed E-state index contributed by atoms with van der Waals surface area (Å²) in [7, 11) is 0. The van der Waals surface area contributed by atoms with Gasteiger partial charge in [-0.25, -0.2) is 0 Å². The third-order valence-corrected chi connectivity index (χ3v) is 1.05. The van der Waals surface area contributed by atoms with Gasteiger partial charge in [-0.1, -0.05) is 6.92 Å². The summed E-state index contributed by atoms with van der Waals surface area (Å²) in [5.74, 6) is -0.156. The molecule has 0 saturated carbocycles. The second-order valence-electron chi connectivity index (χ2n) is 2.06. The van der Waals surface area contributed by atoms with Gasteiger partial charge < -0.3 is 9.84 Å². The molecule has 0 aliphatic carbocycles. The number of hydrogen-bond donors (Lipinski definition) is 1. The quantitative estimate of drug-likeness (QED) is 0.550. The first kappa shape index (κ1) is 9.59. The summed E-state index contributed by atoms with van der Waals surface area (Å²) < 4.78 is 5.02. The van der Waals surface area contributed by atoms with Gasteiger partial charge in [0.15, 0.2) is 5.78 Å². The Labute approximate surface area is 61.0 Å². The maximum absolute atomic E-state index is 10.4. The average molecular weight is 146 g/mol. The first-order chi connectivity index (χ1) is 4.81. The van der Waals surface area contributed by atoms with Gasteiger partial charge in [-0.2, -0.15) is 0 Å². The van der Waals surface area contributed by atoms with Crippen LogP contribution in [0, 0.1) is 0 Å². The highest BCUT2D eigenvalue weighted by Crippen LogP contribution is 1.86. The van der Waals surface area contributed by atoms with Crippen molar-refractivity contribution in [1.29, 1.82) is 0 Å². The number of Topliss-reactive ketones (excluding diaryl/α,β-unsaturated/α-hetero) is 1. The lowest BCUT2D eigenvalue weighted by atomic mass is 10.3. The van der Waals surface area contributed by atoms with Crippen LogP contribution < -0.4 is 0 Å². The van der Waals surface area contributed by atoms with Crippen molar-refractivity contribution in [3.63, 3.8) is 0 Å². The van der Waals surface area contributed by atoms with E-state index in [9.17, 15) is 4.79 Å². The number of ketones is 1. The lowest BCUT2D eigenvalue weighted by molar-refractivity contribution is -0.122. The molecular weight excluding hydrogens is 132 g/mol. The van der Waals surface area contributed by atoms with Crippen molar-refractivity contribution in [3.8, 4) is 0 Å². The first-order valence-electron chi connectivity index (χ1n) is 3.51. The Balaban J connectivity index is 2.96. The number of rotatable bonds is 6. The smallest absolute Gasteiger partial charge is 0.160 e. The van der Waals surface area contributed by atoms with Crippen LogP contribution >= 0.6 is 0 Å². The molecule has 0 radical (unpaired) electrons. The largest absolute Gasteiger partial charge is 0.389 e. The molecule has 0 atom stereocenters. The van der Waals surface area contributed by atoms with Crippen molar-refractivity contribution < 1.29 is 14.6 Å². The van der Waals surface area contributed by atoms with E-state index < -0.39 is 0 Å². The molecule has 0 aromatic heterocycles. The predicted molar refractivity (Wildman–Crippen MR) is 37.8 cm³/mol. The molecule has 60 valence electrons. The lowest BCUT2D eigenvalue weighted by Gasteiger charge is -1.98. The number of carbonyl (C=O) groups is 1. The summed E-state index contributed by atoms with van der Waals surface area (Å²) in [6, 6.07) is 0. The van der Waals surface area contributed by atoms with Crippen LogP contribution in [0.1, 0.15) is 19.8 Å². The highest BCUT2D eigenvalue weighted by molar-refractivity contribution is 5.79. The second kappa shape index (κ2) is 6.71. The van der Waals surface area contributed by atoms with Gasteiger partial charge in [0, 0.05) is 13.0 Å². The maximum Gasteiger partial charge on any atom is 0.160 e. The van der Waals surface area contributed by atoms with Crippen molar-refractivity contribution in [2.24, 2.45) is 0 Å². The number of aliphatic hydroxyl groups excluding tert-OH is 1. The summed E-state index contributed by atoms with van der Waals surface area (Å²) in [6.45, 7) is 2.77. The Morgan fingerprint density at radius 2 is 2.20 bits per heavy atom. The minimum Gasteiger partial charge on any atom is -0.389 e. The maximum atomic E-state index is 10.4. The molecule has 3 nitrogen and oxygen atoms in total. The lowest BCUT2D eigenvalue weighted by Crippen LogP contribution is -2.08. The van der Waals surface area contributed by atoms with Gasteiger partial charge >= 0.3 is 0 Å². The zero-order chi connectivity index (χ0) is 7.82. The van der Waals surface area contributed by atoms with Crippen LogP contribution in [0.4, 0.5) is 0 Å². The first-order valence-corrected chi connectivity index (χ1v) is 3.51. The monoisotopic (exact) mass is 146 g/mol. The molecule has 0 saturated heterocycles. The van der Waals surface area contributed by atoms with Crippen LogP contribution in [0.2, 0.25) is 0 Å². The number of ether oxygens (including phenoxy) is 1. The second-order valence-corrected chi connectivity index (χ2v) is 2.06. The topological polar surface area (TPSA) is 46.5 Å². The summed E-state index contributed by atoms with van der Waals surface area (Å²) in [5.41, 5.74) is 0. The van der Waals surface area contributed by atoms with E-state index >= 15 is 0 Å². The molecular formula is C7H14O3. The third kappa shape index (κ3) is 5.72. The van der Waals surface area contributed by atoms with Crippen molar-refractivity contribution >= 4 is 5.78 Å². The normalized spacial score (nSPS) is 9.80. The van der Waals surface area contributed by atoms with Crippen molar-refractivity contribution in [2.75, 3.05) is 19.8 Å². The minimum atomic E-state index is -0.366. The molecule has 0 aromatic rings. The molecule has 3 heteroatoms. The van der Waals surface area contributed by atoms with E-state index in [0.717, 1.165) is 6.42 Å². The van der Waals surface area contributed by atoms with Gasteiger partial charge in [0.05, 0.1) is 6.61 Å². The fourth-order valence-electron chi connectivity index (χ4n) is 0.511. The van der Waals surface area contributed by atoms with Crippen LogP contribution in [-0.2, 0) is 9.53 Å². The molecule has 0 aliphatic heterocycles. The number of carbonyl (C=O) groups excluding carboxylic acids is 1. The fourth-order valence-corrected chi connectivity index (χ4v) is 0.511. The number of aliphatic hydroxyl groups is 1. The van der Waals surface area contributed by atoms with E-state index in [4.69, 9.17) is 9.84 Å². The zero-order valence-corrected chi connectivity index (χ0v) is 6.30. The minimum absolute atomic E-state index is 0.156. The summed E-state index contributed by atoms with van der Waals surface area (Å²) >= 11 is 0. The Hall–Kier alpha value is -0.410. The molecule has 1 N–H and O–H groups in total. The molecule has 0 amide bonds. The Kier molecular flexibility index (Phi) is 6.43. The Morgan fingerprint density at radius 1 is 1.50 bits per heavy atom. The summed E-state index contributed by atoms with van der Waals surface area (Å²) in [6.07, 6.45) is 1.30. The zero-order valence-electron chi connectivity index (χ0n) is 6.30. The van der Waals surface area contributed by atoms with Crippen molar-refractivity contribution in [3.05, 3.63) is 0 Å². The summed E-state index contributed by atoms with van der Waals surface area (Å²) in [5, 5.41) is 8.29. The van der Waals surface area contributed by atoms with Gasteiger partial charge in [0.1, 0.15) is 6.61 Å². The van der Waals surface area contributed by atoms with Crippen molar-refractivity contribution in [2.45, 2.75) is 19.8 Å². The van der Waals surface area contributed by atoms with E-state index in [1.54, 1.807) is 0 Å². The SMILES string of the molecule is CCCOCCC(=O)CO. The van der Waals surface area contributed by atoms with Gasteiger partial charge in [0.2, 0.25) is 0 Å². The van der Waals surface area contributed by atoms with Gasteiger partial charge in [-0.05, 0) is 6.42 Å². The van der Waals surface area contributed by atoms with Crippen LogP contribution in [-0.4, -0.2) is 30.7 Å². The molecule has 0 fully saturated rings. The van der Waals surface area contributed by atoms with Gasteiger partial charge in [0.25, 0.3) is 0 Å². The Bertz CT molecular complexity index is 90.9. The van der Waals surface area contributed by atoms with Crippen LogP contribution in [0.5, 0.6) is 0 Å². The van der Waals surface area contributed by atoms with E-state index in [1.807, 2.05) is 6.92 Å². The van der Waals surface area contributed by atoms with Crippen LogP contribution in [0.15, 0.2) is 0 Å². The fraction of sp³-hybridized carbons (Fsp3) is 0.857.